The summed E-state index contributed by atoms with van der Waals surface area (Å²) >= 11 is 1.10. The van der Waals surface area contributed by atoms with Crippen LogP contribution in [-0.4, -0.2) is 37.2 Å². The van der Waals surface area contributed by atoms with Crippen molar-refractivity contribution in [1.82, 2.24) is 0 Å². The zero-order valence-corrected chi connectivity index (χ0v) is 15.4. The number of carbonyl (C=O) groups is 1. The summed E-state index contributed by atoms with van der Waals surface area (Å²) in [6.45, 7) is 0. The molecule has 0 saturated carbocycles. The van der Waals surface area contributed by atoms with Gasteiger partial charge < -0.3 is 15.4 Å². The SMILES string of the molecule is CN(C)c1ccc([C@@H](SC(=N)N)[C@H]2N=C(c3ccccc3)OC2=O)cc1. The van der Waals surface area contributed by atoms with Crippen LogP contribution in [0.2, 0.25) is 0 Å². The van der Waals surface area contributed by atoms with Crippen LogP contribution < -0.4 is 10.6 Å². The molecule has 0 aromatic heterocycles. The van der Waals surface area contributed by atoms with Crippen molar-refractivity contribution in [3.8, 4) is 0 Å². The summed E-state index contributed by atoms with van der Waals surface area (Å²) in [5.74, 6) is -0.126. The van der Waals surface area contributed by atoms with Gasteiger partial charge in [0.25, 0.3) is 0 Å². The Balaban J connectivity index is 1.93. The van der Waals surface area contributed by atoms with E-state index >= 15 is 0 Å². The molecule has 26 heavy (non-hydrogen) atoms. The number of rotatable bonds is 5. The zero-order valence-electron chi connectivity index (χ0n) is 14.5. The number of benzene rings is 2. The first-order valence-electron chi connectivity index (χ1n) is 8.08. The van der Waals surface area contributed by atoms with Crippen molar-refractivity contribution in [2.24, 2.45) is 10.7 Å². The smallest absolute Gasteiger partial charge is 0.339 e. The van der Waals surface area contributed by atoms with Gasteiger partial charge in [0.05, 0.1) is 5.25 Å². The van der Waals surface area contributed by atoms with E-state index in [2.05, 4.69) is 4.99 Å². The lowest BCUT2D eigenvalue weighted by Crippen LogP contribution is -2.24. The van der Waals surface area contributed by atoms with Crippen LogP contribution in [0.5, 0.6) is 0 Å². The lowest BCUT2D eigenvalue weighted by atomic mass is 10.1. The molecule has 0 unspecified atom stereocenters. The predicted molar refractivity (Wildman–Crippen MR) is 106 cm³/mol. The van der Waals surface area contributed by atoms with Gasteiger partial charge in [-0.15, -0.1) is 0 Å². The van der Waals surface area contributed by atoms with Gasteiger partial charge in [-0.3, -0.25) is 5.41 Å². The molecule has 2 atom stereocenters. The van der Waals surface area contributed by atoms with E-state index in [1.807, 2.05) is 73.6 Å². The van der Waals surface area contributed by atoms with Crippen LogP contribution in [0.4, 0.5) is 5.69 Å². The number of aliphatic imine (C=N–C) groups is 1. The minimum atomic E-state index is -0.746. The Morgan fingerprint density at radius 2 is 1.85 bits per heavy atom. The summed E-state index contributed by atoms with van der Waals surface area (Å²) in [5, 5.41) is 7.17. The molecule has 1 aliphatic rings. The van der Waals surface area contributed by atoms with Crippen LogP contribution in [0, 0.1) is 5.41 Å². The third kappa shape index (κ3) is 3.88. The van der Waals surface area contributed by atoms with Gasteiger partial charge >= 0.3 is 5.97 Å². The van der Waals surface area contributed by atoms with Crippen molar-refractivity contribution < 1.29 is 9.53 Å². The molecule has 3 N–H and O–H groups in total. The molecule has 1 heterocycles. The Labute approximate surface area is 156 Å². The number of nitrogens with two attached hydrogens (primary N) is 1. The number of amidine groups is 1. The van der Waals surface area contributed by atoms with Crippen molar-refractivity contribution in [3.05, 3.63) is 65.7 Å². The number of nitrogens with zero attached hydrogens (tertiary/aromatic N) is 2. The number of ether oxygens (including phenoxy) is 1. The van der Waals surface area contributed by atoms with Crippen molar-refractivity contribution in [2.75, 3.05) is 19.0 Å². The third-order valence-corrected chi connectivity index (χ3v) is 5.03. The highest BCUT2D eigenvalue weighted by atomic mass is 32.2. The van der Waals surface area contributed by atoms with Crippen LogP contribution in [0.3, 0.4) is 0 Å². The molecule has 0 bridgehead atoms. The first kappa shape index (κ1) is 18.0. The molecule has 7 heteroatoms. The molecule has 2 aromatic carbocycles. The van der Waals surface area contributed by atoms with Crippen molar-refractivity contribution in [1.29, 1.82) is 5.41 Å². The highest BCUT2D eigenvalue weighted by Gasteiger charge is 2.38. The quantitative estimate of drug-likeness (QED) is 0.481. The molecule has 0 saturated heterocycles. The fraction of sp³-hybridized carbons (Fsp3) is 0.211. The highest BCUT2D eigenvalue weighted by Crippen LogP contribution is 2.37. The molecule has 0 radical (unpaired) electrons. The van der Waals surface area contributed by atoms with Gasteiger partial charge in [-0.2, -0.15) is 0 Å². The Morgan fingerprint density at radius 1 is 1.19 bits per heavy atom. The van der Waals surface area contributed by atoms with E-state index in [1.54, 1.807) is 0 Å². The Bertz CT molecular complexity index is 834. The molecule has 1 aliphatic heterocycles. The zero-order chi connectivity index (χ0) is 18.7. The second kappa shape index (κ2) is 7.61. The standard InChI is InChI=1S/C19H20N4O2S/c1-23(2)14-10-8-12(9-11-14)16(26-19(20)21)15-18(24)25-17(22-15)13-6-4-3-5-7-13/h3-11,15-16H,1-2H3,(H3,20,21)/t15-,16-/m1/s1. The number of esters is 1. The monoisotopic (exact) mass is 368 g/mol. The number of thioether (sulfide) groups is 1. The summed E-state index contributed by atoms with van der Waals surface area (Å²) in [6, 6.07) is 16.3. The van der Waals surface area contributed by atoms with E-state index in [0.29, 0.717) is 5.90 Å². The molecule has 3 rings (SSSR count). The largest absolute Gasteiger partial charge is 0.406 e. The summed E-state index contributed by atoms with van der Waals surface area (Å²) in [4.78, 5) is 18.9. The highest BCUT2D eigenvalue weighted by molar-refractivity contribution is 8.13. The van der Waals surface area contributed by atoms with Gasteiger partial charge in [0.1, 0.15) is 0 Å². The molecule has 0 spiro atoms. The molecule has 134 valence electrons. The van der Waals surface area contributed by atoms with Gasteiger partial charge in [-0.05, 0) is 29.8 Å². The summed E-state index contributed by atoms with van der Waals surface area (Å²) in [5.41, 5.74) is 8.27. The fourth-order valence-electron chi connectivity index (χ4n) is 2.68. The summed E-state index contributed by atoms with van der Waals surface area (Å²) in [6.07, 6.45) is 0. The summed E-state index contributed by atoms with van der Waals surface area (Å²) in [7, 11) is 3.92. The molecule has 0 amide bonds. The van der Waals surface area contributed by atoms with E-state index in [4.69, 9.17) is 15.9 Å². The van der Waals surface area contributed by atoms with Gasteiger partial charge in [-0.25, -0.2) is 9.79 Å². The first-order chi connectivity index (χ1) is 12.5. The topological polar surface area (TPSA) is 91.8 Å². The number of cyclic esters (lactones) is 1. The summed E-state index contributed by atoms with van der Waals surface area (Å²) < 4.78 is 5.38. The first-order valence-corrected chi connectivity index (χ1v) is 8.96. The van der Waals surface area contributed by atoms with Gasteiger partial charge in [0.15, 0.2) is 11.2 Å². The van der Waals surface area contributed by atoms with Crippen molar-refractivity contribution in [3.63, 3.8) is 0 Å². The molecule has 0 aliphatic carbocycles. The van der Waals surface area contributed by atoms with E-state index in [1.165, 1.54) is 0 Å². The number of nitrogens with one attached hydrogen (secondary N) is 1. The van der Waals surface area contributed by atoms with Gasteiger partial charge in [0, 0.05) is 25.3 Å². The van der Waals surface area contributed by atoms with E-state index < -0.39 is 17.3 Å². The number of carbonyl (C=O) groups excluding carboxylic acids is 1. The van der Waals surface area contributed by atoms with Gasteiger partial charge in [-0.1, -0.05) is 42.1 Å². The fourth-order valence-corrected chi connectivity index (χ4v) is 3.55. The molecule has 0 fully saturated rings. The van der Waals surface area contributed by atoms with Crippen molar-refractivity contribution >= 4 is 34.5 Å². The molecular formula is C19H20N4O2S. The predicted octanol–water partition coefficient (Wildman–Crippen LogP) is 2.79. The minimum absolute atomic E-state index is 0.0668. The molecule has 6 nitrogen and oxygen atoms in total. The Kier molecular flexibility index (Phi) is 5.27. The lowest BCUT2D eigenvalue weighted by Gasteiger charge is -2.19. The third-order valence-electron chi connectivity index (χ3n) is 3.99. The second-order valence-corrected chi connectivity index (χ2v) is 7.24. The van der Waals surface area contributed by atoms with E-state index in [9.17, 15) is 4.79 Å². The maximum atomic E-state index is 12.5. The molecule has 2 aromatic rings. The second-order valence-electron chi connectivity index (χ2n) is 6.05. The average Bonchev–Trinajstić information content (AvgIpc) is 3.02. The normalized spacial score (nSPS) is 17.4. The maximum absolute atomic E-state index is 12.5. The van der Waals surface area contributed by atoms with Crippen LogP contribution in [-0.2, 0) is 9.53 Å². The Hall–Kier alpha value is -2.80. The number of hydrogen-bond acceptors (Lipinski definition) is 6. The number of anilines is 1. The van der Waals surface area contributed by atoms with Gasteiger partial charge in [0.2, 0.25) is 5.90 Å². The van der Waals surface area contributed by atoms with Crippen LogP contribution in [0.15, 0.2) is 59.6 Å². The van der Waals surface area contributed by atoms with E-state index in [0.717, 1.165) is 28.6 Å². The van der Waals surface area contributed by atoms with Crippen LogP contribution in [0.1, 0.15) is 16.4 Å². The average molecular weight is 368 g/mol. The number of hydrogen-bond donors (Lipinski definition) is 2. The lowest BCUT2D eigenvalue weighted by molar-refractivity contribution is -0.134. The molecular weight excluding hydrogens is 348 g/mol. The minimum Gasteiger partial charge on any atom is -0.406 e. The van der Waals surface area contributed by atoms with Crippen LogP contribution >= 0.6 is 11.8 Å². The maximum Gasteiger partial charge on any atom is 0.339 e. The van der Waals surface area contributed by atoms with E-state index in [-0.39, 0.29) is 5.17 Å². The Morgan fingerprint density at radius 3 is 2.42 bits per heavy atom. The van der Waals surface area contributed by atoms with Crippen LogP contribution in [0.25, 0.3) is 0 Å². The van der Waals surface area contributed by atoms with Crippen molar-refractivity contribution in [2.45, 2.75) is 11.3 Å².